The summed E-state index contributed by atoms with van der Waals surface area (Å²) in [7, 11) is -3.47. The SMILES string of the molecule is Cc1cc(CS(=O)(=O)NCc2cc(C#CCO)cs2)no1. The van der Waals surface area contributed by atoms with Gasteiger partial charge in [0.25, 0.3) is 0 Å². The second-order valence-electron chi connectivity index (χ2n) is 4.27. The molecule has 112 valence electrons. The predicted octanol–water partition coefficient (Wildman–Crippen LogP) is 1.01. The quantitative estimate of drug-likeness (QED) is 0.800. The smallest absolute Gasteiger partial charge is 0.217 e. The van der Waals surface area contributed by atoms with E-state index < -0.39 is 10.0 Å². The highest BCUT2D eigenvalue weighted by atomic mass is 32.2. The van der Waals surface area contributed by atoms with E-state index in [9.17, 15) is 8.42 Å². The first-order valence-electron chi connectivity index (χ1n) is 6.05. The van der Waals surface area contributed by atoms with Crippen molar-refractivity contribution in [1.29, 1.82) is 0 Å². The van der Waals surface area contributed by atoms with Gasteiger partial charge in [-0.1, -0.05) is 17.0 Å². The molecule has 2 rings (SSSR count). The molecule has 0 saturated carbocycles. The Bertz CT molecular complexity index is 765. The molecule has 0 atom stereocenters. The van der Waals surface area contributed by atoms with Crippen molar-refractivity contribution in [3.05, 3.63) is 39.4 Å². The Morgan fingerprint density at radius 3 is 2.95 bits per heavy atom. The van der Waals surface area contributed by atoms with Crippen LogP contribution >= 0.6 is 11.3 Å². The molecule has 0 amide bonds. The van der Waals surface area contributed by atoms with Crippen molar-refractivity contribution in [3.63, 3.8) is 0 Å². The molecule has 2 N–H and O–H groups in total. The van der Waals surface area contributed by atoms with Gasteiger partial charge >= 0.3 is 0 Å². The molecule has 2 aromatic rings. The van der Waals surface area contributed by atoms with E-state index in [2.05, 4.69) is 21.7 Å². The van der Waals surface area contributed by atoms with Gasteiger partial charge in [0.1, 0.15) is 23.8 Å². The first-order valence-corrected chi connectivity index (χ1v) is 8.58. The summed E-state index contributed by atoms with van der Waals surface area (Å²) >= 11 is 1.41. The van der Waals surface area contributed by atoms with Crippen molar-refractivity contribution in [3.8, 4) is 11.8 Å². The molecule has 21 heavy (non-hydrogen) atoms. The molecule has 8 heteroatoms. The van der Waals surface area contributed by atoms with Crippen LogP contribution in [-0.4, -0.2) is 25.3 Å². The van der Waals surface area contributed by atoms with E-state index in [1.54, 1.807) is 19.1 Å². The van der Waals surface area contributed by atoms with Gasteiger partial charge in [0, 0.05) is 28.4 Å². The molecule has 2 aromatic heterocycles. The highest BCUT2D eigenvalue weighted by molar-refractivity contribution is 7.88. The second-order valence-corrected chi connectivity index (χ2v) is 7.07. The molecule has 0 radical (unpaired) electrons. The maximum Gasteiger partial charge on any atom is 0.217 e. The van der Waals surface area contributed by atoms with Gasteiger partial charge in [-0.25, -0.2) is 13.1 Å². The summed E-state index contributed by atoms with van der Waals surface area (Å²) in [5.41, 5.74) is 1.14. The van der Waals surface area contributed by atoms with Crippen molar-refractivity contribution < 1.29 is 18.0 Å². The largest absolute Gasteiger partial charge is 0.384 e. The molecule has 2 heterocycles. The number of rotatable bonds is 5. The van der Waals surface area contributed by atoms with E-state index in [1.807, 2.05) is 5.38 Å². The molecule has 6 nitrogen and oxygen atoms in total. The zero-order chi connectivity index (χ0) is 15.3. The summed E-state index contributed by atoms with van der Waals surface area (Å²) in [6, 6.07) is 3.38. The lowest BCUT2D eigenvalue weighted by Gasteiger charge is -2.02. The third kappa shape index (κ3) is 4.99. The molecule has 0 fully saturated rings. The number of aromatic nitrogens is 1. The number of thiophene rings is 1. The fourth-order valence-corrected chi connectivity index (χ4v) is 3.44. The third-order valence-corrected chi connectivity index (χ3v) is 4.64. The maximum absolute atomic E-state index is 11.9. The molecule has 0 aliphatic rings. The van der Waals surface area contributed by atoms with E-state index in [4.69, 9.17) is 9.63 Å². The van der Waals surface area contributed by atoms with E-state index in [-0.39, 0.29) is 18.9 Å². The van der Waals surface area contributed by atoms with Gasteiger partial charge in [0.05, 0.1) is 0 Å². The third-order valence-electron chi connectivity index (χ3n) is 2.45. The highest BCUT2D eigenvalue weighted by Gasteiger charge is 2.14. The lowest BCUT2D eigenvalue weighted by atomic mass is 10.3. The van der Waals surface area contributed by atoms with Crippen LogP contribution < -0.4 is 4.72 Å². The van der Waals surface area contributed by atoms with Gasteiger partial charge in [-0.2, -0.15) is 0 Å². The van der Waals surface area contributed by atoms with Gasteiger partial charge in [0.15, 0.2) is 0 Å². The zero-order valence-corrected chi connectivity index (χ0v) is 12.9. The number of aliphatic hydroxyl groups is 1. The Hall–Kier alpha value is -1.66. The molecule has 0 unspecified atom stereocenters. The molecular formula is C13H14N2O4S2. The number of aryl methyl sites for hydroxylation is 1. The molecule has 0 bridgehead atoms. The summed E-state index contributed by atoms with van der Waals surface area (Å²) in [6.45, 7) is 1.71. The molecular weight excluding hydrogens is 312 g/mol. The summed E-state index contributed by atoms with van der Waals surface area (Å²) in [4.78, 5) is 0.845. The van der Waals surface area contributed by atoms with Crippen LogP contribution in [0.3, 0.4) is 0 Å². The monoisotopic (exact) mass is 326 g/mol. The van der Waals surface area contributed by atoms with Crippen LogP contribution in [0.25, 0.3) is 0 Å². The van der Waals surface area contributed by atoms with Crippen molar-refractivity contribution >= 4 is 21.4 Å². The highest BCUT2D eigenvalue weighted by Crippen LogP contribution is 2.14. The standard InChI is InChI=1S/C13H14N2O4S2/c1-10-5-12(15-19-10)9-21(17,18)14-7-13-6-11(8-20-13)3-2-4-16/h5-6,8,14,16H,4,7,9H2,1H3. The van der Waals surface area contributed by atoms with Crippen LogP contribution in [0, 0.1) is 18.8 Å². The topological polar surface area (TPSA) is 92.4 Å². The van der Waals surface area contributed by atoms with Crippen LogP contribution in [0.1, 0.15) is 21.9 Å². The minimum atomic E-state index is -3.47. The van der Waals surface area contributed by atoms with Crippen molar-refractivity contribution in [2.45, 2.75) is 19.2 Å². The van der Waals surface area contributed by atoms with Crippen LogP contribution in [0.15, 0.2) is 22.0 Å². The number of hydrogen-bond donors (Lipinski definition) is 2. The maximum atomic E-state index is 11.9. The zero-order valence-electron chi connectivity index (χ0n) is 11.3. The Kier molecular flexibility index (Phi) is 5.14. The Morgan fingerprint density at radius 2 is 2.29 bits per heavy atom. The van der Waals surface area contributed by atoms with E-state index in [0.29, 0.717) is 11.5 Å². The summed E-state index contributed by atoms with van der Waals surface area (Å²) in [6.07, 6.45) is 0. The van der Waals surface area contributed by atoms with Gasteiger partial charge in [-0.15, -0.1) is 11.3 Å². The first kappa shape index (κ1) is 15.7. The minimum absolute atomic E-state index is 0.199. The predicted molar refractivity (Wildman–Crippen MR) is 79.0 cm³/mol. The van der Waals surface area contributed by atoms with Gasteiger partial charge in [-0.05, 0) is 13.0 Å². The molecule has 0 saturated heterocycles. The summed E-state index contributed by atoms with van der Waals surface area (Å²) < 4.78 is 31.2. The van der Waals surface area contributed by atoms with Gasteiger partial charge in [0.2, 0.25) is 10.0 Å². The number of sulfonamides is 1. The summed E-state index contributed by atoms with van der Waals surface area (Å²) in [5, 5.41) is 14.1. The van der Waals surface area contributed by atoms with Crippen LogP contribution in [-0.2, 0) is 22.3 Å². The average molecular weight is 326 g/mol. The number of nitrogens with one attached hydrogen (secondary N) is 1. The van der Waals surface area contributed by atoms with Crippen LogP contribution in [0.4, 0.5) is 0 Å². The van der Waals surface area contributed by atoms with E-state index >= 15 is 0 Å². The normalized spacial score (nSPS) is 11.1. The van der Waals surface area contributed by atoms with Gasteiger partial charge < -0.3 is 9.63 Å². The fraction of sp³-hybridized carbons (Fsp3) is 0.308. The van der Waals surface area contributed by atoms with Crippen molar-refractivity contribution in [1.82, 2.24) is 9.88 Å². The molecule has 0 spiro atoms. The fourth-order valence-electron chi connectivity index (χ4n) is 1.59. The Labute approximate surface area is 126 Å². The lowest BCUT2D eigenvalue weighted by Crippen LogP contribution is -2.24. The molecule has 0 aliphatic carbocycles. The van der Waals surface area contributed by atoms with Crippen molar-refractivity contribution in [2.75, 3.05) is 6.61 Å². The van der Waals surface area contributed by atoms with E-state index in [1.165, 1.54) is 11.3 Å². The molecule has 0 aromatic carbocycles. The van der Waals surface area contributed by atoms with Crippen LogP contribution in [0.5, 0.6) is 0 Å². The summed E-state index contributed by atoms with van der Waals surface area (Å²) in [5.74, 6) is 5.66. The minimum Gasteiger partial charge on any atom is -0.384 e. The molecule has 0 aliphatic heterocycles. The lowest BCUT2D eigenvalue weighted by molar-refractivity contribution is 0.350. The van der Waals surface area contributed by atoms with E-state index in [0.717, 1.165) is 10.4 Å². The van der Waals surface area contributed by atoms with Crippen molar-refractivity contribution in [2.24, 2.45) is 0 Å². The van der Waals surface area contributed by atoms with Crippen LogP contribution in [0.2, 0.25) is 0 Å². The average Bonchev–Trinajstić information content (AvgIpc) is 3.03. The first-order chi connectivity index (χ1) is 9.98. The Morgan fingerprint density at radius 1 is 1.48 bits per heavy atom. The van der Waals surface area contributed by atoms with Gasteiger partial charge in [-0.3, -0.25) is 0 Å². The Balaban J connectivity index is 1.93. The second kappa shape index (κ2) is 6.87. The number of aliphatic hydroxyl groups excluding tert-OH is 1. The number of nitrogens with zero attached hydrogens (tertiary/aromatic N) is 1. The number of hydrogen-bond acceptors (Lipinski definition) is 6.